The van der Waals surface area contributed by atoms with Crippen molar-refractivity contribution < 1.29 is 0 Å². The summed E-state index contributed by atoms with van der Waals surface area (Å²) in [6.07, 6.45) is 0.890. The largest absolute Gasteiger partial charge is 0.235 e. The van der Waals surface area contributed by atoms with Crippen molar-refractivity contribution in [2.75, 3.05) is 0 Å². The Kier molecular flexibility index (Phi) is 3.33. The van der Waals surface area contributed by atoms with E-state index < -0.39 is 0 Å². The minimum Gasteiger partial charge on any atom is -0.235 e. The van der Waals surface area contributed by atoms with Gasteiger partial charge in [0.25, 0.3) is 0 Å². The molecule has 0 fully saturated rings. The van der Waals surface area contributed by atoms with E-state index in [4.69, 9.17) is 11.6 Å². The molecule has 0 aliphatic rings. The molecule has 0 atom stereocenters. The molecule has 0 N–H and O–H groups in total. The number of fused-ring (bicyclic) bond motifs is 1. The number of hydrogen-bond acceptors (Lipinski definition) is 1. The molecule has 0 aliphatic carbocycles. The van der Waals surface area contributed by atoms with E-state index in [9.17, 15) is 0 Å². The second-order valence-corrected chi connectivity index (χ2v) is 5.28. The van der Waals surface area contributed by atoms with Crippen LogP contribution in [-0.4, -0.2) is 4.98 Å². The lowest BCUT2D eigenvalue weighted by Gasteiger charge is -2.06. The summed E-state index contributed by atoms with van der Waals surface area (Å²) < 4.78 is 2.00. The molecule has 0 saturated heterocycles. The minimum absolute atomic E-state index is 0.587. The highest BCUT2D eigenvalue weighted by Crippen LogP contribution is 2.31. The quantitative estimate of drug-likeness (QED) is 0.662. The molecule has 78 valence electrons. The van der Waals surface area contributed by atoms with Gasteiger partial charge in [0.2, 0.25) is 0 Å². The lowest BCUT2D eigenvalue weighted by Crippen LogP contribution is -1.89. The first kappa shape index (κ1) is 11.4. The zero-order valence-corrected chi connectivity index (χ0v) is 11.9. The zero-order valence-electron chi connectivity index (χ0n) is 8.02. The first-order valence-electron chi connectivity index (χ1n) is 4.56. The number of rotatable bonds is 1. The number of aromatic nitrogens is 1. The molecule has 0 saturated carbocycles. The van der Waals surface area contributed by atoms with Crippen LogP contribution in [0.2, 0.25) is 5.15 Å². The van der Waals surface area contributed by atoms with E-state index in [1.54, 1.807) is 0 Å². The molecule has 15 heavy (non-hydrogen) atoms. The lowest BCUT2D eigenvalue weighted by molar-refractivity contribution is 1.12. The molecule has 2 rings (SSSR count). The summed E-state index contributed by atoms with van der Waals surface area (Å²) >= 11 is 13.1. The van der Waals surface area contributed by atoms with Crippen LogP contribution in [0, 0.1) is 0 Å². The standard InChI is InChI=1S/C11H8Br2ClN/c1-2-6-5-7-8(12)3-4-9(13)10(7)15-11(6)14/h3-5H,2H2,1H3. The van der Waals surface area contributed by atoms with Gasteiger partial charge in [0.1, 0.15) is 5.15 Å². The number of hydrogen-bond donors (Lipinski definition) is 0. The topological polar surface area (TPSA) is 12.9 Å². The number of halogens is 3. The fourth-order valence-electron chi connectivity index (χ4n) is 1.46. The number of nitrogens with zero attached hydrogens (tertiary/aromatic N) is 1. The lowest BCUT2D eigenvalue weighted by atomic mass is 10.1. The average Bonchev–Trinajstić information content (AvgIpc) is 2.23. The molecule has 0 unspecified atom stereocenters. The summed E-state index contributed by atoms with van der Waals surface area (Å²) in [6.45, 7) is 2.07. The fraction of sp³-hybridized carbons (Fsp3) is 0.182. The maximum atomic E-state index is 6.08. The molecular weight excluding hydrogens is 341 g/mol. The van der Waals surface area contributed by atoms with Gasteiger partial charge in [0.05, 0.1) is 5.52 Å². The minimum atomic E-state index is 0.587. The predicted octanol–water partition coefficient (Wildman–Crippen LogP) is 4.98. The molecule has 1 nitrogen and oxygen atoms in total. The van der Waals surface area contributed by atoms with Gasteiger partial charge in [0, 0.05) is 14.3 Å². The SMILES string of the molecule is CCc1cc2c(Br)ccc(Br)c2nc1Cl. The molecule has 1 aromatic carbocycles. The van der Waals surface area contributed by atoms with Crippen LogP contribution in [0.3, 0.4) is 0 Å². The Morgan fingerprint density at radius 1 is 1.27 bits per heavy atom. The van der Waals surface area contributed by atoms with Gasteiger partial charge in [-0.2, -0.15) is 0 Å². The van der Waals surface area contributed by atoms with Crippen molar-refractivity contribution in [2.24, 2.45) is 0 Å². The summed E-state index contributed by atoms with van der Waals surface area (Å²) in [6, 6.07) is 6.04. The predicted molar refractivity (Wildman–Crippen MR) is 71.5 cm³/mol. The third kappa shape index (κ3) is 2.05. The van der Waals surface area contributed by atoms with E-state index in [1.165, 1.54) is 0 Å². The summed E-state index contributed by atoms with van der Waals surface area (Å²) in [5, 5.41) is 1.68. The first-order chi connectivity index (χ1) is 7.13. The molecule has 1 heterocycles. The Balaban J connectivity index is 2.86. The third-order valence-corrected chi connectivity index (χ3v) is 3.95. The highest BCUT2D eigenvalue weighted by Gasteiger charge is 2.08. The van der Waals surface area contributed by atoms with Gasteiger partial charge in [0.15, 0.2) is 0 Å². The Hall–Kier alpha value is -0.120. The Labute approximate surface area is 110 Å². The van der Waals surface area contributed by atoms with Crippen molar-refractivity contribution in [3.05, 3.63) is 37.9 Å². The van der Waals surface area contributed by atoms with Crippen LogP contribution in [0.15, 0.2) is 27.1 Å². The first-order valence-corrected chi connectivity index (χ1v) is 6.53. The molecule has 2 aromatic rings. The maximum absolute atomic E-state index is 6.08. The van der Waals surface area contributed by atoms with Gasteiger partial charge in [-0.3, -0.25) is 0 Å². The highest BCUT2D eigenvalue weighted by molar-refractivity contribution is 9.11. The monoisotopic (exact) mass is 347 g/mol. The van der Waals surface area contributed by atoms with Gasteiger partial charge in [-0.1, -0.05) is 34.5 Å². The second-order valence-electron chi connectivity index (χ2n) is 3.22. The van der Waals surface area contributed by atoms with Crippen molar-refractivity contribution in [1.82, 2.24) is 4.98 Å². The molecule has 1 aromatic heterocycles. The molecular formula is C11H8Br2ClN. The van der Waals surface area contributed by atoms with Gasteiger partial charge in [-0.25, -0.2) is 4.98 Å². The number of pyridine rings is 1. The van der Waals surface area contributed by atoms with Crippen molar-refractivity contribution in [1.29, 1.82) is 0 Å². The second kappa shape index (κ2) is 4.40. The molecule has 0 radical (unpaired) electrons. The van der Waals surface area contributed by atoms with Gasteiger partial charge in [-0.05, 0) is 46.1 Å². The van der Waals surface area contributed by atoms with Gasteiger partial charge >= 0.3 is 0 Å². The normalized spacial score (nSPS) is 10.9. The van der Waals surface area contributed by atoms with Gasteiger partial charge < -0.3 is 0 Å². The van der Waals surface area contributed by atoms with E-state index in [0.29, 0.717) is 5.15 Å². The smallest absolute Gasteiger partial charge is 0.133 e. The Bertz CT molecular complexity index is 525. The Morgan fingerprint density at radius 3 is 2.60 bits per heavy atom. The fourth-order valence-corrected chi connectivity index (χ4v) is 2.60. The molecule has 0 bridgehead atoms. The summed E-state index contributed by atoms with van der Waals surface area (Å²) in [4.78, 5) is 4.40. The van der Waals surface area contributed by atoms with Gasteiger partial charge in [-0.15, -0.1) is 0 Å². The van der Waals surface area contributed by atoms with Crippen molar-refractivity contribution in [3.63, 3.8) is 0 Å². The van der Waals surface area contributed by atoms with Crippen LogP contribution in [0.25, 0.3) is 10.9 Å². The van der Waals surface area contributed by atoms with Crippen LogP contribution in [0.1, 0.15) is 12.5 Å². The number of aryl methyl sites for hydroxylation is 1. The van der Waals surface area contributed by atoms with Crippen molar-refractivity contribution in [3.8, 4) is 0 Å². The van der Waals surface area contributed by atoms with Crippen LogP contribution in [-0.2, 0) is 6.42 Å². The summed E-state index contributed by atoms with van der Waals surface area (Å²) in [7, 11) is 0. The van der Waals surface area contributed by atoms with Crippen molar-refractivity contribution >= 4 is 54.4 Å². The Morgan fingerprint density at radius 2 is 1.93 bits per heavy atom. The summed E-state index contributed by atoms with van der Waals surface area (Å²) in [5.74, 6) is 0. The summed E-state index contributed by atoms with van der Waals surface area (Å²) in [5.41, 5.74) is 1.97. The zero-order chi connectivity index (χ0) is 11.0. The van der Waals surface area contributed by atoms with Crippen LogP contribution < -0.4 is 0 Å². The molecule has 0 spiro atoms. The van der Waals surface area contributed by atoms with Crippen LogP contribution in [0.5, 0.6) is 0 Å². The van der Waals surface area contributed by atoms with E-state index in [0.717, 1.165) is 31.8 Å². The van der Waals surface area contributed by atoms with E-state index in [-0.39, 0.29) is 0 Å². The van der Waals surface area contributed by atoms with Crippen LogP contribution >= 0.6 is 43.5 Å². The van der Waals surface area contributed by atoms with E-state index >= 15 is 0 Å². The highest BCUT2D eigenvalue weighted by atomic mass is 79.9. The van der Waals surface area contributed by atoms with Crippen molar-refractivity contribution in [2.45, 2.75) is 13.3 Å². The van der Waals surface area contributed by atoms with E-state index in [2.05, 4.69) is 49.8 Å². The number of benzene rings is 1. The maximum Gasteiger partial charge on any atom is 0.133 e. The van der Waals surface area contributed by atoms with E-state index in [1.807, 2.05) is 12.1 Å². The molecule has 0 aliphatic heterocycles. The van der Waals surface area contributed by atoms with Crippen LogP contribution in [0.4, 0.5) is 0 Å². The molecule has 4 heteroatoms. The molecule has 0 amide bonds. The average molecular weight is 349 g/mol. The third-order valence-electron chi connectivity index (χ3n) is 2.29.